The van der Waals surface area contributed by atoms with Crippen LogP contribution < -0.4 is 10.5 Å². The number of hydrogen-bond acceptors (Lipinski definition) is 5. The monoisotopic (exact) mass is 277 g/mol. The Morgan fingerprint density at radius 3 is 2.75 bits per heavy atom. The highest BCUT2D eigenvalue weighted by atomic mass is 16.6. The molecule has 1 aliphatic rings. The van der Waals surface area contributed by atoms with Crippen LogP contribution in [0.5, 0.6) is 5.75 Å². The van der Waals surface area contributed by atoms with Gasteiger partial charge in [-0.1, -0.05) is 0 Å². The number of ketones is 1. The smallest absolute Gasteiger partial charge is 0.320 e. The summed E-state index contributed by atoms with van der Waals surface area (Å²) in [7, 11) is 0. The molecule has 0 saturated heterocycles. The second kappa shape index (κ2) is 5.25. The number of Topliss-reactive ketones (excluding diaryl/α,β-unsaturated/α-hetero) is 1. The molecule has 20 heavy (non-hydrogen) atoms. The predicted octanol–water partition coefficient (Wildman–Crippen LogP) is 1.47. The zero-order valence-electron chi connectivity index (χ0n) is 11.9. The third-order valence-electron chi connectivity index (χ3n) is 3.46. The molecule has 108 valence electrons. The van der Waals surface area contributed by atoms with Gasteiger partial charge in [-0.15, -0.1) is 0 Å². The molecule has 5 heteroatoms. The molecule has 1 aromatic rings. The Morgan fingerprint density at radius 2 is 2.15 bits per heavy atom. The van der Waals surface area contributed by atoms with Crippen molar-refractivity contribution in [2.75, 3.05) is 6.54 Å². The van der Waals surface area contributed by atoms with Gasteiger partial charge in [0.1, 0.15) is 17.5 Å². The van der Waals surface area contributed by atoms with Crippen molar-refractivity contribution in [1.82, 2.24) is 0 Å². The minimum Gasteiger partial charge on any atom is -0.484 e. The number of carbonyl (C=O) groups is 2. The number of fused-ring (bicyclic) bond motifs is 1. The van der Waals surface area contributed by atoms with E-state index in [1.807, 2.05) is 13.8 Å². The Kier molecular flexibility index (Phi) is 3.81. The third-order valence-corrected chi connectivity index (χ3v) is 3.46. The minimum atomic E-state index is -0.629. The van der Waals surface area contributed by atoms with Crippen LogP contribution in [-0.2, 0) is 16.0 Å². The summed E-state index contributed by atoms with van der Waals surface area (Å²) in [6.07, 6.45) is 0.0862. The van der Waals surface area contributed by atoms with Crippen molar-refractivity contribution in [2.24, 2.45) is 5.73 Å². The van der Waals surface area contributed by atoms with Gasteiger partial charge in [0, 0.05) is 12.0 Å². The van der Waals surface area contributed by atoms with E-state index in [0.29, 0.717) is 12.0 Å². The first kappa shape index (κ1) is 14.5. The lowest BCUT2D eigenvalue weighted by atomic mass is 9.90. The van der Waals surface area contributed by atoms with Crippen molar-refractivity contribution in [2.45, 2.75) is 38.9 Å². The van der Waals surface area contributed by atoms with Gasteiger partial charge in [-0.2, -0.15) is 0 Å². The van der Waals surface area contributed by atoms with E-state index in [1.54, 1.807) is 18.2 Å². The van der Waals surface area contributed by atoms with E-state index >= 15 is 0 Å². The lowest BCUT2D eigenvalue weighted by Gasteiger charge is -2.39. The number of carbonyl (C=O) groups excluding carboxylic acids is 2. The second-order valence-corrected chi connectivity index (χ2v) is 5.47. The number of nitrogens with two attached hydrogens (primary N) is 1. The molecule has 0 bridgehead atoms. The molecule has 0 amide bonds. The Bertz CT molecular complexity index is 551. The fourth-order valence-electron chi connectivity index (χ4n) is 2.24. The number of benzene rings is 1. The number of rotatable bonds is 3. The highest BCUT2D eigenvalue weighted by Gasteiger charge is 2.39. The van der Waals surface area contributed by atoms with E-state index in [4.69, 9.17) is 15.2 Å². The Balaban J connectivity index is 2.30. The maximum Gasteiger partial charge on any atom is 0.320 e. The molecule has 0 radical (unpaired) electrons. The number of hydrogen-bond donors (Lipinski definition) is 1. The fourth-order valence-corrected chi connectivity index (χ4v) is 2.24. The lowest BCUT2D eigenvalue weighted by Crippen LogP contribution is -2.49. The molecular formula is C15H19NO4. The minimum absolute atomic E-state index is 0.00635. The molecule has 0 aromatic heterocycles. The molecule has 0 spiro atoms. The van der Waals surface area contributed by atoms with Crippen LogP contribution in [0.3, 0.4) is 0 Å². The molecule has 0 fully saturated rings. The molecule has 1 heterocycles. The first-order valence-corrected chi connectivity index (χ1v) is 6.56. The summed E-state index contributed by atoms with van der Waals surface area (Å²) in [4.78, 5) is 22.8. The fraction of sp³-hybridized carbons (Fsp3) is 0.467. The van der Waals surface area contributed by atoms with Crippen molar-refractivity contribution in [1.29, 1.82) is 0 Å². The van der Waals surface area contributed by atoms with Crippen LogP contribution in [0.2, 0.25) is 0 Å². The lowest BCUT2D eigenvalue weighted by molar-refractivity contribution is -0.159. The van der Waals surface area contributed by atoms with Gasteiger partial charge in [0.2, 0.25) is 0 Å². The predicted molar refractivity (Wildman–Crippen MR) is 73.8 cm³/mol. The molecule has 1 atom stereocenters. The van der Waals surface area contributed by atoms with E-state index in [-0.39, 0.29) is 12.3 Å². The number of esters is 1. The molecule has 0 saturated carbocycles. The van der Waals surface area contributed by atoms with E-state index in [1.165, 1.54) is 6.92 Å². The van der Waals surface area contributed by atoms with E-state index < -0.39 is 17.7 Å². The molecule has 2 rings (SSSR count). The van der Waals surface area contributed by atoms with Crippen LogP contribution >= 0.6 is 0 Å². The first-order chi connectivity index (χ1) is 9.33. The Morgan fingerprint density at radius 1 is 1.45 bits per heavy atom. The molecule has 1 aromatic carbocycles. The molecular weight excluding hydrogens is 258 g/mol. The van der Waals surface area contributed by atoms with Crippen molar-refractivity contribution < 1.29 is 19.1 Å². The van der Waals surface area contributed by atoms with Crippen molar-refractivity contribution in [3.05, 3.63) is 29.3 Å². The zero-order valence-corrected chi connectivity index (χ0v) is 11.9. The van der Waals surface area contributed by atoms with Crippen LogP contribution in [-0.4, -0.2) is 30.0 Å². The quantitative estimate of drug-likeness (QED) is 0.668. The van der Waals surface area contributed by atoms with E-state index in [0.717, 1.165) is 11.3 Å². The summed E-state index contributed by atoms with van der Waals surface area (Å²) in [5.41, 5.74) is 6.14. The van der Waals surface area contributed by atoms with Gasteiger partial charge in [0.15, 0.2) is 5.78 Å². The van der Waals surface area contributed by atoms with Crippen LogP contribution in [0.15, 0.2) is 18.2 Å². The SMILES string of the molecule is CC(=O)c1ccc2c(c1)C[C@@H](OC(=O)CN)C(C)(C)O2. The maximum atomic E-state index is 11.4. The standard InChI is InChI=1S/C15H19NO4/c1-9(17)10-4-5-12-11(6-10)7-13(15(2,3)20-12)19-14(18)8-16/h4-6,13H,7-8,16H2,1-3H3/t13-/m1/s1. The van der Waals surface area contributed by atoms with Crippen LogP contribution in [0.25, 0.3) is 0 Å². The molecule has 0 unspecified atom stereocenters. The van der Waals surface area contributed by atoms with Crippen LogP contribution in [0.1, 0.15) is 36.7 Å². The topological polar surface area (TPSA) is 78.6 Å². The molecule has 5 nitrogen and oxygen atoms in total. The largest absolute Gasteiger partial charge is 0.484 e. The Labute approximate surface area is 118 Å². The molecule has 1 aliphatic heterocycles. The third kappa shape index (κ3) is 2.82. The summed E-state index contributed by atoms with van der Waals surface area (Å²) in [6, 6.07) is 5.31. The summed E-state index contributed by atoms with van der Waals surface area (Å²) in [6.45, 7) is 5.08. The summed E-state index contributed by atoms with van der Waals surface area (Å²) in [5, 5.41) is 0. The summed E-state index contributed by atoms with van der Waals surface area (Å²) < 4.78 is 11.2. The highest BCUT2D eigenvalue weighted by molar-refractivity contribution is 5.94. The average molecular weight is 277 g/mol. The maximum absolute atomic E-state index is 11.4. The van der Waals surface area contributed by atoms with Gasteiger partial charge in [0.05, 0.1) is 6.54 Å². The summed E-state index contributed by atoms with van der Waals surface area (Å²) in [5.74, 6) is 0.256. The van der Waals surface area contributed by atoms with Gasteiger partial charge in [0.25, 0.3) is 0 Å². The second-order valence-electron chi connectivity index (χ2n) is 5.47. The van der Waals surface area contributed by atoms with E-state index in [2.05, 4.69) is 0 Å². The van der Waals surface area contributed by atoms with Gasteiger partial charge < -0.3 is 15.2 Å². The normalized spacial score (nSPS) is 19.7. The van der Waals surface area contributed by atoms with Gasteiger partial charge in [-0.25, -0.2) is 0 Å². The average Bonchev–Trinajstić information content (AvgIpc) is 2.38. The first-order valence-electron chi connectivity index (χ1n) is 6.56. The van der Waals surface area contributed by atoms with Crippen molar-refractivity contribution >= 4 is 11.8 Å². The number of ether oxygens (including phenoxy) is 2. The highest BCUT2D eigenvalue weighted by Crippen LogP contribution is 2.35. The Hall–Kier alpha value is -1.88. The van der Waals surface area contributed by atoms with Gasteiger partial charge >= 0.3 is 5.97 Å². The molecule has 2 N–H and O–H groups in total. The van der Waals surface area contributed by atoms with Gasteiger partial charge in [-0.05, 0) is 44.5 Å². The zero-order chi connectivity index (χ0) is 14.9. The van der Waals surface area contributed by atoms with Gasteiger partial charge in [-0.3, -0.25) is 9.59 Å². The van der Waals surface area contributed by atoms with Crippen LogP contribution in [0, 0.1) is 0 Å². The molecule has 0 aliphatic carbocycles. The van der Waals surface area contributed by atoms with E-state index in [9.17, 15) is 9.59 Å². The van der Waals surface area contributed by atoms with Crippen molar-refractivity contribution in [3.8, 4) is 5.75 Å². The van der Waals surface area contributed by atoms with Crippen LogP contribution in [0.4, 0.5) is 0 Å². The van der Waals surface area contributed by atoms with Crippen molar-refractivity contribution in [3.63, 3.8) is 0 Å². The summed E-state index contributed by atoms with van der Waals surface area (Å²) >= 11 is 0.